The summed E-state index contributed by atoms with van der Waals surface area (Å²) < 4.78 is 29.5. The highest BCUT2D eigenvalue weighted by Gasteiger charge is 2.30. The van der Waals surface area contributed by atoms with Crippen LogP contribution in [0.15, 0.2) is 24.3 Å². The number of carbonyl (C=O) groups is 1. The van der Waals surface area contributed by atoms with Crippen LogP contribution in [-0.4, -0.2) is 42.6 Å². The highest BCUT2D eigenvalue weighted by Crippen LogP contribution is 2.26. The maximum atomic E-state index is 12.5. The molecule has 3 rings (SSSR count). The molecule has 138 valence electrons. The number of hydrogen-bond donors (Lipinski definition) is 1. The van der Waals surface area contributed by atoms with Gasteiger partial charge in [0.25, 0.3) is 5.91 Å². The quantitative estimate of drug-likeness (QED) is 0.819. The number of ether oxygens (including phenoxy) is 1. The van der Waals surface area contributed by atoms with Crippen LogP contribution < -0.4 is 10.1 Å². The largest absolute Gasteiger partial charge is 0.434 e. The smallest absolute Gasteiger partial charge is 0.387 e. The molecule has 0 radical (unpaired) electrons. The lowest BCUT2D eigenvalue weighted by molar-refractivity contribution is -0.0501. The Morgan fingerprint density at radius 1 is 1.12 bits per heavy atom. The summed E-state index contributed by atoms with van der Waals surface area (Å²) in [5, 5.41) is 2.99. The third-order valence-electron chi connectivity index (χ3n) is 5.24. The molecule has 1 atom stereocenters. The van der Waals surface area contributed by atoms with Gasteiger partial charge >= 0.3 is 6.61 Å². The van der Waals surface area contributed by atoms with Crippen molar-refractivity contribution in [1.29, 1.82) is 0 Å². The van der Waals surface area contributed by atoms with E-state index in [0.717, 1.165) is 19.5 Å². The van der Waals surface area contributed by atoms with E-state index in [0.29, 0.717) is 6.04 Å². The summed E-state index contributed by atoms with van der Waals surface area (Å²) in [5.41, 5.74) is 0.163. The number of likely N-dealkylation sites (tertiary alicyclic amines) is 1. The SMILES string of the molecule is O=C(NC1CCN(C2CCCCCC2)C1)c1ccccc1OC(F)F. The molecular formula is C19H26F2N2O2. The Hall–Kier alpha value is -1.69. The van der Waals surface area contributed by atoms with Crippen LogP contribution >= 0.6 is 0 Å². The molecule has 2 aliphatic rings. The molecule has 1 aliphatic heterocycles. The van der Waals surface area contributed by atoms with Crippen molar-refractivity contribution in [2.24, 2.45) is 0 Å². The normalized spacial score (nSPS) is 22.8. The number of amides is 1. The van der Waals surface area contributed by atoms with Crippen molar-refractivity contribution in [3.8, 4) is 5.75 Å². The number of nitrogens with one attached hydrogen (secondary N) is 1. The lowest BCUT2D eigenvalue weighted by Crippen LogP contribution is -2.40. The fourth-order valence-electron chi connectivity index (χ4n) is 3.98. The Balaban J connectivity index is 1.57. The van der Waals surface area contributed by atoms with Crippen molar-refractivity contribution < 1.29 is 18.3 Å². The lowest BCUT2D eigenvalue weighted by atomic mass is 10.1. The third-order valence-corrected chi connectivity index (χ3v) is 5.24. The van der Waals surface area contributed by atoms with Crippen LogP contribution in [0.4, 0.5) is 8.78 Å². The van der Waals surface area contributed by atoms with E-state index in [4.69, 9.17) is 0 Å². The summed E-state index contributed by atoms with van der Waals surface area (Å²) >= 11 is 0. The van der Waals surface area contributed by atoms with E-state index in [-0.39, 0.29) is 23.3 Å². The maximum Gasteiger partial charge on any atom is 0.387 e. The number of benzene rings is 1. The van der Waals surface area contributed by atoms with Crippen LogP contribution in [0.3, 0.4) is 0 Å². The van der Waals surface area contributed by atoms with E-state index in [1.165, 1.54) is 50.7 Å². The highest BCUT2D eigenvalue weighted by atomic mass is 19.3. The molecule has 1 unspecified atom stereocenters. The van der Waals surface area contributed by atoms with Gasteiger partial charge in [-0.1, -0.05) is 37.8 Å². The Bertz CT molecular complexity index is 574. The van der Waals surface area contributed by atoms with Gasteiger partial charge in [-0.25, -0.2) is 0 Å². The van der Waals surface area contributed by atoms with Crippen molar-refractivity contribution in [2.45, 2.75) is 63.6 Å². The van der Waals surface area contributed by atoms with E-state index < -0.39 is 6.61 Å². The van der Waals surface area contributed by atoms with Gasteiger partial charge < -0.3 is 10.1 Å². The first kappa shape index (κ1) is 18.1. The van der Waals surface area contributed by atoms with Gasteiger partial charge in [-0.3, -0.25) is 9.69 Å². The number of hydrogen-bond acceptors (Lipinski definition) is 3. The molecule has 0 bridgehead atoms. The van der Waals surface area contributed by atoms with Crippen molar-refractivity contribution in [2.75, 3.05) is 13.1 Å². The molecule has 1 saturated carbocycles. The van der Waals surface area contributed by atoms with Crippen molar-refractivity contribution in [3.05, 3.63) is 29.8 Å². The van der Waals surface area contributed by atoms with E-state index >= 15 is 0 Å². The van der Waals surface area contributed by atoms with E-state index in [2.05, 4.69) is 15.0 Å². The minimum absolute atomic E-state index is 0.0651. The second-order valence-corrected chi connectivity index (χ2v) is 6.97. The second kappa shape index (κ2) is 8.61. The van der Waals surface area contributed by atoms with Crippen LogP contribution in [0.5, 0.6) is 5.75 Å². The van der Waals surface area contributed by atoms with Gasteiger partial charge in [-0.05, 0) is 31.4 Å². The van der Waals surface area contributed by atoms with Crippen molar-refractivity contribution in [1.82, 2.24) is 10.2 Å². The van der Waals surface area contributed by atoms with Crippen LogP contribution in [-0.2, 0) is 0 Å². The number of carbonyl (C=O) groups excluding carboxylic acids is 1. The molecular weight excluding hydrogens is 326 g/mol. The van der Waals surface area contributed by atoms with Gasteiger partial charge in [0.1, 0.15) is 5.75 Å². The first-order valence-corrected chi connectivity index (χ1v) is 9.22. The summed E-state index contributed by atoms with van der Waals surface area (Å²) in [6.07, 6.45) is 8.61. The predicted molar refractivity (Wildman–Crippen MR) is 92.0 cm³/mol. The lowest BCUT2D eigenvalue weighted by Gasteiger charge is -2.26. The average Bonchev–Trinajstić information content (AvgIpc) is 2.88. The molecule has 0 spiro atoms. The van der Waals surface area contributed by atoms with Crippen LogP contribution in [0.25, 0.3) is 0 Å². The molecule has 1 N–H and O–H groups in total. The highest BCUT2D eigenvalue weighted by molar-refractivity contribution is 5.97. The van der Waals surface area contributed by atoms with Crippen LogP contribution in [0, 0.1) is 0 Å². The monoisotopic (exact) mass is 352 g/mol. The zero-order valence-corrected chi connectivity index (χ0v) is 14.4. The molecule has 1 heterocycles. The minimum atomic E-state index is -2.94. The van der Waals surface area contributed by atoms with Crippen molar-refractivity contribution >= 4 is 5.91 Å². The van der Waals surface area contributed by atoms with Crippen LogP contribution in [0.2, 0.25) is 0 Å². The summed E-state index contributed by atoms with van der Waals surface area (Å²) in [6.45, 7) is -1.11. The van der Waals surface area contributed by atoms with Gasteiger partial charge in [0.15, 0.2) is 0 Å². The molecule has 1 aromatic carbocycles. The summed E-state index contributed by atoms with van der Waals surface area (Å²) in [7, 11) is 0. The van der Waals surface area contributed by atoms with Gasteiger partial charge in [-0.15, -0.1) is 0 Å². The van der Waals surface area contributed by atoms with E-state index in [9.17, 15) is 13.6 Å². The number of halogens is 2. The van der Waals surface area contributed by atoms with Gasteiger partial charge in [0.05, 0.1) is 5.56 Å². The number of alkyl halides is 2. The van der Waals surface area contributed by atoms with Gasteiger partial charge in [0.2, 0.25) is 0 Å². The first-order valence-electron chi connectivity index (χ1n) is 9.22. The Morgan fingerprint density at radius 2 is 1.84 bits per heavy atom. The number of nitrogens with zero attached hydrogens (tertiary/aromatic N) is 1. The second-order valence-electron chi connectivity index (χ2n) is 6.97. The molecule has 1 saturated heterocycles. The minimum Gasteiger partial charge on any atom is -0.434 e. The third kappa shape index (κ3) is 4.91. The summed E-state index contributed by atoms with van der Waals surface area (Å²) in [5.74, 6) is -0.419. The fraction of sp³-hybridized carbons (Fsp3) is 0.632. The Kier molecular flexibility index (Phi) is 6.24. The van der Waals surface area contributed by atoms with E-state index in [1.807, 2.05) is 0 Å². The van der Waals surface area contributed by atoms with E-state index in [1.54, 1.807) is 12.1 Å². The molecule has 25 heavy (non-hydrogen) atoms. The first-order chi connectivity index (χ1) is 12.1. The molecule has 1 amide bonds. The number of para-hydroxylation sites is 1. The summed E-state index contributed by atoms with van der Waals surface area (Å²) in [6, 6.07) is 6.84. The Labute approximate surface area is 147 Å². The number of rotatable bonds is 5. The van der Waals surface area contributed by atoms with Gasteiger partial charge in [0, 0.05) is 25.2 Å². The van der Waals surface area contributed by atoms with Crippen molar-refractivity contribution in [3.63, 3.8) is 0 Å². The Morgan fingerprint density at radius 3 is 2.56 bits per heavy atom. The standard InChI is InChI=1S/C19H26F2N2O2/c20-19(21)25-17-10-6-5-9-16(17)18(24)22-14-11-12-23(13-14)15-7-3-1-2-4-8-15/h5-6,9-10,14-15,19H,1-4,7-8,11-13H2,(H,22,24). The zero-order chi connectivity index (χ0) is 17.6. The predicted octanol–water partition coefficient (Wildman–Crippen LogP) is 3.81. The molecule has 1 aliphatic carbocycles. The molecule has 0 aromatic heterocycles. The average molecular weight is 352 g/mol. The van der Waals surface area contributed by atoms with Gasteiger partial charge in [-0.2, -0.15) is 8.78 Å². The molecule has 2 fully saturated rings. The molecule has 1 aromatic rings. The summed E-state index contributed by atoms with van der Waals surface area (Å²) in [4.78, 5) is 15.0. The molecule has 4 nitrogen and oxygen atoms in total. The topological polar surface area (TPSA) is 41.6 Å². The fourth-order valence-corrected chi connectivity index (χ4v) is 3.98. The molecule has 6 heteroatoms. The maximum absolute atomic E-state index is 12.5. The zero-order valence-electron chi connectivity index (χ0n) is 14.4. The van der Waals surface area contributed by atoms with Crippen LogP contribution in [0.1, 0.15) is 55.3 Å².